The molecule has 0 aromatic rings. The van der Waals surface area contributed by atoms with E-state index in [-0.39, 0.29) is 11.9 Å². The van der Waals surface area contributed by atoms with Gasteiger partial charge in [0.25, 0.3) is 0 Å². The first-order chi connectivity index (χ1) is 11.2. The fraction of sp³-hybridized carbons (Fsp3) is 0.789. The minimum Gasteiger partial charge on any atom is -0.466 e. The van der Waals surface area contributed by atoms with Gasteiger partial charge in [0.2, 0.25) is 0 Å². The Balaban J connectivity index is 2.18. The monoisotopic (exact) mass is 338 g/mol. The molecule has 0 saturated heterocycles. The van der Waals surface area contributed by atoms with Crippen molar-refractivity contribution < 1.29 is 23.8 Å². The van der Waals surface area contributed by atoms with Crippen LogP contribution in [-0.2, 0) is 23.8 Å². The third kappa shape index (κ3) is 5.07. The summed E-state index contributed by atoms with van der Waals surface area (Å²) in [5, 5.41) is 0. The van der Waals surface area contributed by atoms with Gasteiger partial charge in [-0.15, -0.1) is 0 Å². The molecule has 24 heavy (non-hydrogen) atoms. The molecular formula is C19H30O5. The Bertz CT molecular complexity index is 500. The normalized spacial score (nSPS) is 32.0. The minimum absolute atomic E-state index is 0.230. The maximum absolute atomic E-state index is 11.6. The second-order valence-electron chi connectivity index (χ2n) is 7.64. The quantitative estimate of drug-likeness (QED) is 0.525. The van der Waals surface area contributed by atoms with E-state index in [1.165, 1.54) is 13.8 Å². The molecule has 2 rings (SSSR count). The molecule has 0 heterocycles. The smallest absolute Gasteiger partial charge is 0.303 e. The Morgan fingerprint density at radius 2 is 1.92 bits per heavy atom. The average molecular weight is 338 g/mol. The molecule has 2 aliphatic rings. The first-order valence-corrected chi connectivity index (χ1v) is 8.86. The zero-order chi connectivity index (χ0) is 17.8. The van der Waals surface area contributed by atoms with E-state index in [0.717, 1.165) is 37.7 Å². The van der Waals surface area contributed by atoms with Crippen LogP contribution in [-0.4, -0.2) is 36.4 Å². The average Bonchev–Trinajstić information content (AvgIpc) is 2.43. The second kappa shape index (κ2) is 7.68. The van der Waals surface area contributed by atoms with Crippen molar-refractivity contribution in [2.75, 3.05) is 13.2 Å². The Kier molecular flexibility index (Phi) is 6.07. The van der Waals surface area contributed by atoms with E-state index in [1.807, 2.05) is 6.92 Å². The van der Waals surface area contributed by atoms with Crippen molar-refractivity contribution in [3.63, 3.8) is 0 Å². The van der Waals surface area contributed by atoms with Crippen LogP contribution >= 0.6 is 0 Å². The summed E-state index contributed by atoms with van der Waals surface area (Å²) < 4.78 is 17.2. The van der Waals surface area contributed by atoms with Crippen LogP contribution in [0.15, 0.2) is 12.2 Å². The van der Waals surface area contributed by atoms with Gasteiger partial charge in [0.15, 0.2) is 0 Å². The molecule has 5 heteroatoms. The van der Waals surface area contributed by atoms with Crippen LogP contribution in [0.5, 0.6) is 0 Å². The Morgan fingerprint density at radius 1 is 1.17 bits per heavy atom. The number of ether oxygens (including phenoxy) is 3. The predicted molar refractivity (Wildman–Crippen MR) is 90.4 cm³/mol. The van der Waals surface area contributed by atoms with Crippen LogP contribution in [0.25, 0.3) is 0 Å². The van der Waals surface area contributed by atoms with E-state index < -0.39 is 11.2 Å². The number of hydrogen-bond donors (Lipinski definition) is 0. The van der Waals surface area contributed by atoms with E-state index in [1.54, 1.807) is 0 Å². The van der Waals surface area contributed by atoms with Gasteiger partial charge in [-0.05, 0) is 38.5 Å². The highest BCUT2D eigenvalue weighted by molar-refractivity contribution is 5.66. The van der Waals surface area contributed by atoms with Crippen molar-refractivity contribution in [2.45, 2.75) is 76.9 Å². The molecule has 2 aliphatic carbocycles. The maximum atomic E-state index is 11.6. The number of fused-ring (bicyclic) bond motifs is 2. The van der Waals surface area contributed by atoms with Gasteiger partial charge in [-0.3, -0.25) is 9.59 Å². The standard InChI is InChI=1S/C19H30O5/c1-14(2)12-23-18(8-9-22-15(3)20)10-17-6-5-7-19(11-17,13-18)24-16(4)21/h17H,1,5-13H2,2-4H3. The Hall–Kier alpha value is -1.36. The lowest BCUT2D eigenvalue weighted by molar-refractivity contribution is -0.197. The van der Waals surface area contributed by atoms with Crippen molar-refractivity contribution in [3.05, 3.63) is 12.2 Å². The first-order valence-electron chi connectivity index (χ1n) is 8.86. The summed E-state index contributed by atoms with van der Waals surface area (Å²) in [5.74, 6) is -0.0311. The molecule has 0 aromatic heterocycles. The fourth-order valence-electron chi connectivity index (χ4n) is 4.43. The third-order valence-corrected chi connectivity index (χ3v) is 5.06. The van der Waals surface area contributed by atoms with E-state index in [0.29, 0.717) is 32.0 Å². The summed E-state index contributed by atoms with van der Waals surface area (Å²) in [6.45, 7) is 9.55. The van der Waals surface area contributed by atoms with Gasteiger partial charge in [0.05, 0.1) is 18.8 Å². The summed E-state index contributed by atoms with van der Waals surface area (Å²) in [6.07, 6.45) is 6.23. The topological polar surface area (TPSA) is 61.8 Å². The van der Waals surface area contributed by atoms with Crippen molar-refractivity contribution in [1.82, 2.24) is 0 Å². The van der Waals surface area contributed by atoms with Crippen LogP contribution in [0.1, 0.15) is 65.7 Å². The van der Waals surface area contributed by atoms with Crippen LogP contribution in [0, 0.1) is 5.92 Å². The predicted octanol–water partition coefficient (Wildman–Crippen LogP) is 3.56. The van der Waals surface area contributed by atoms with Gasteiger partial charge in [-0.25, -0.2) is 0 Å². The van der Waals surface area contributed by atoms with Crippen LogP contribution in [0.3, 0.4) is 0 Å². The van der Waals surface area contributed by atoms with E-state index >= 15 is 0 Å². The summed E-state index contributed by atoms with van der Waals surface area (Å²) >= 11 is 0. The van der Waals surface area contributed by atoms with Gasteiger partial charge >= 0.3 is 11.9 Å². The summed E-state index contributed by atoms with van der Waals surface area (Å²) in [7, 11) is 0. The number of esters is 2. The number of hydrogen-bond acceptors (Lipinski definition) is 5. The number of rotatable bonds is 7. The molecule has 0 aromatic carbocycles. The van der Waals surface area contributed by atoms with Crippen LogP contribution in [0.4, 0.5) is 0 Å². The van der Waals surface area contributed by atoms with Gasteiger partial charge in [-0.1, -0.05) is 18.6 Å². The van der Waals surface area contributed by atoms with Gasteiger partial charge in [0.1, 0.15) is 5.60 Å². The Labute approximate surface area is 144 Å². The molecule has 0 radical (unpaired) electrons. The molecule has 0 amide bonds. The lowest BCUT2D eigenvalue weighted by atomic mass is 9.62. The van der Waals surface area contributed by atoms with Crippen molar-refractivity contribution in [2.24, 2.45) is 5.92 Å². The molecule has 136 valence electrons. The summed E-state index contributed by atoms with van der Waals surface area (Å²) in [4.78, 5) is 22.8. The fourth-order valence-corrected chi connectivity index (χ4v) is 4.43. The highest BCUT2D eigenvalue weighted by Gasteiger charge is 2.52. The molecule has 0 N–H and O–H groups in total. The number of carbonyl (C=O) groups is 2. The molecule has 2 fully saturated rings. The zero-order valence-corrected chi connectivity index (χ0v) is 15.2. The van der Waals surface area contributed by atoms with Gasteiger partial charge in [0, 0.05) is 26.7 Å². The van der Waals surface area contributed by atoms with E-state index in [2.05, 4.69) is 6.58 Å². The largest absolute Gasteiger partial charge is 0.466 e. The zero-order valence-electron chi connectivity index (χ0n) is 15.2. The van der Waals surface area contributed by atoms with Crippen LogP contribution in [0.2, 0.25) is 0 Å². The lowest BCUT2D eigenvalue weighted by Gasteiger charge is -2.52. The molecule has 3 unspecified atom stereocenters. The minimum atomic E-state index is -0.432. The summed E-state index contributed by atoms with van der Waals surface area (Å²) in [5.41, 5.74) is 0.102. The molecular weight excluding hydrogens is 308 g/mol. The SMILES string of the molecule is C=C(C)COC1(CCOC(C)=O)CC2CCCC(OC(C)=O)(C2)C1. The molecule has 0 aliphatic heterocycles. The molecule has 2 saturated carbocycles. The van der Waals surface area contributed by atoms with Gasteiger partial charge < -0.3 is 14.2 Å². The van der Waals surface area contributed by atoms with Crippen molar-refractivity contribution in [1.29, 1.82) is 0 Å². The highest BCUT2D eigenvalue weighted by Crippen LogP contribution is 2.51. The second-order valence-corrected chi connectivity index (χ2v) is 7.64. The molecule has 0 spiro atoms. The Morgan fingerprint density at radius 3 is 2.54 bits per heavy atom. The van der Waals surface area contributed by atoms with Crippen molar-refractivity contribution >= 4 is 11.9 Å². The maximum Gasteiger partial charge on any atom is 0.303 e. The molecule has 5 nitrogen and oxygen atoms in total. The molecule has 3 atom stereocenters. The number of carbonyl (C=O) groups excluding carboxylic acids is 2. The lowest BCUT2D eigenvalue weighted by Crippen LogP contribution is -2.54. The first kappa shape index (κ1) is 19.0. The molecule has 2 bridgehead atoms. The summed E-state index contributed by atoms with van der Waals surface area (Å²) in [6, 6.07) is 0. The third-order valence-electron chi connectivity index (χ3n) is 5.06. The van der Waals surface area contributed by atoms with Crippen molar-refractivity contribution in [3.8, 4) is 0 Å². The highest BCUT2D eigenvalue weighted by atomic mass is 16.6. The van der Waals surface area contributed by atoms with E-state index in [4.69, 9.17) is 14.2 Å². The van der Waals surface area contributed by atoms with E-state index in [9.17, 15) is 9.59 Å². The van der Waals surface area contributed by atoms with Crippen LogP contribution < -0.4 is 0 Å². The van der Waals surface area contributed by atoms with Gasteiger partial charge in [-0.2, -0.15) is 0 Å².